The fourth-order valence-corrected chi connectivity index (χ4v) is 2.50. The van der Waals surface area contributed by atoms with Gasteiger partial charge in [-0.2, -0.15) is 0 Å². The number of ether oxygens (including phenoxy) is 3. The number of morpholine rings is 1. The molecule has 0 N–H and O–H groups in total. The number of esters is 2. The first-order valence-corrected chi connectivity index (χ1v) is 9.09. The van der Waals surface area contributed by atoms with Crippen molar-refractivity contribution >= 4 is 23.6 Å². The number of hydrogen-bond donors (Lipinski definition) is 0. The normalized spacial score (nSPS) is 16.7. The predicted molar refractivity (Wildman–Crippen MR) is 96.8 cm³/mol. The van der Waals surface area contributed by atoms with Crippen LogP contribution in [0, 0.1) is 11.8 Å². The van der Waals surface area contributed by atoms with Crippen LogP contribution in [0.5, 0.6) is 0 Å². The third-order valence-corrected chi connectivity index (χ3v) is 3.74. The summed E-state index contributed by atoms with van der Waals surface area (Å²) in [5, 5.41) is 0. The molecule has 0 bridgehead atoms. The van der Waals surface area contributed by atoms with Crippen molar-refractivity contribution in [3.05, 3.63) is 0 Å². The first-order valence-electron chi connectivity index (χ1n) is 9.09. The molecule has 1 aliphatic rings. The number of carbonyl (C=O) groups is 4. The van der Waals surface area contributed by atoms with E-state index in [1.807, 2.05) is 0 Å². The van der Waals surface area contributed by atoms with E-state index in [4.69, 9.17) is 14.2 Å². The molecule has 1 saturated heterocycles. The smallest absolute Gasteiger partial charge is 0.321 e. The van der Waals surface area contributed by atoms with Gasteiger partial charge in [0.25, 0.3) is 5.91 Å². The SMILES string of the molecule is C[C@@H](C(=O)C(=O)N1CCOCC1)C(C(=O)OC(C)(C)C)C(=O)OC(C)(C)C. The van der Waals surface area contributed by atoms with Gasteiger partial charge in [0.1, 0.15) is 11.2 Å². The molecule has 1 atom stereocenters. The molecule has 8 heteroatoms. The number of hydrogen-bond acceptors (Lipinski definition) is 7. The molecular weight excluding hydrogens is 354 g/mol. The molecule has 0 unspecified atom stereocenters. The lowest BCUT2D eigenvalue weighted by Gasteiger charge is -2.30. The van der Waals surface area contributed by atoms with Gasteiger partial charge < -0.3 is 19.1 Å². The van der Waals surface area contributed by atoms with E-state index in [1.54, 1.807) is 41.5 Å². The highest BCUT2D eigenvalue weighted by molar-refractivity contribution is 6.37. The van der Waals surface area contributed by atoms with Crippen LogP contribution in [-0.2, 0) is 33.4 Å². The summed E-state index contributed by atoms with van der Waals surface area (Å²) in [6, 6.07) is 0. The molecule has 1 aliphatic heterocycles. The lowest BCUT2D eigenvalue weighted by molar-refractivity contribution is -0.178. The molecule has 1 heterocycles. The van der Waals surface area contributed by atoms with E-state index in [9.17, 15) is 19.2 Å². The molecule has 0 aromatic heterocycles. The number of ketones is 1. The summed E-state index contributed by atoms with van der Waals surface area (Å²) >= 11 is 0. The number of carbonyl (C=O) groups excluding carboxylic acids is 4. The highest BCUT2D eigenvalue weighted by atomic mass is 16.6. The highest BCUT2D eigenvalue weighted by Gasteiger charge is 2.44. The minimum absolute atomic E-state index is 0.292. The van der Waals surface area contributed by atoms with Crippen molar-refractivity contribution in [3.63, 3.8) is 0 Å². The summed E-state index contributed by atoms with van der Waals surface area (Å²) in [6.07, 6.45) is 0. The second-order valence-corrected chi connectivity index (χ2v) is 8.60. The maximum absolute atomic E-state index is 12.7. The number of Topliss-reactive ketones (excluding diaryl/α,β-unsaturated/α-hetero) is 1. The van der Waals surface area contributed by atoms with Crippen LogP contribution in [0.3, 0.4) is 0 Å². The van der Waals surface area contributed by atoms with E-state index >= 15 is 0 Å². The van der Waals surface area contributed by atoms with Crippen molar-refractivity contribution in [1.29, 1.82) is 0 Å². The molecule has 27 heavy (non-hydrogen) atoms. The number of rotatable bonds is 5. The Kier molecular flexibility index (Phi) is 7.54. The molecule has 1 fully saturated rings. The molecule has 8 nitrogen and oxygen atoms in total. The molecule has 0 aromatic rings. The topological polar surface area (TPSA) is 99.2 Å². The van der Waals surface area contributed by atoms with Crippen LogP contribution in [0.4, 0.5) is 0 Å². The van der Waals surface area contributed by atoms with Gasteiger partial charge in [-0.1, -0.05) is 6.92 Å². The fraction of sp³-hybridized carbons (Fsp3) is 0.789. The van der Waals surface area contributed by atoms with Crippen molar-refractivity contribution in [1.82, 2.24) is 4.90 Å². The van der Waals surface area contributed by atoms with E-state index < -0.39 is 46.7 Å². The molecule has 1 amide bonds. The molecule has 0 radical (unpaired) electrons. The van der Waals surface area contributed by atoms with Gasteiger partial charge in [-0.05, 0) is 41.5 Å². The lowest BCUT2D eigenvalue weighted by Crippen LogP contribution is -2.49. The molecular formula is C19H31NO7. The molecule has 1 rings (SSSR count). The largest absolute Gasteiger partial charge is 0.459 e. The van der Waals surface area contributed by atoms with Crippen LogP contribution in [0.15, 0.2) is 0 Å². The zero-order chi connectivity index (χ0) is 21.0. The second kappa shape index (κ2) is 8.82. The quantitative estimate of drug-likeness (QED) is 0.400. The van der Waals surface area contributed by atoms with Crippen molar-refractivity contribution in [2.75, 3.05) is 26.3 Å². The Morgan fingerprint density at radius 1 is 0.852 bits per heavy atom. The molecule has 0 saturated carbocycles. The van der Waals surface area contributed by atoms with Gasteiger partial charge >= 0.3 is 11.9 Å². The summed E-state index contributed by atoms with van der Waals surface area (Å²) < 4.78 is 15.8. The first kappa shape index (κ1) is 23.1. The summed E-state index contributed by atoms with van der Waals surface area (Å²) in [5.74, 6) is -6.03. The van der Waals surface area contributed by atoms with Crippen molar-refractivity contribution in [3.8, 4) is 0 Å². The van der Waals surface area contributed by atoms with Gasteiger partial charge in [0.05, 0.1) is 13.2 Å². The Bertz CT molecular complexity index is 552. The van der Waals surface area contributed by atoms with E-state index in [2.05, 4.69) is 0 Å². The zero-order valence-electron chi connectivity index (χ0n) is 17.3. The van der Waals surface area contributed by atoms with Crippen molar-refractivity contribution in [2.45, 2.75) is 59.7 Å². The third-order valence-electron chi connectivity index (χ3n) is 3.74. The highest BCUT2D eigenvalue weighted by Crippen LogP contribution is 2.23. The summed E-state index contributed by atoms with van der Waals surface area (Å²) in [7, 11) is 0. The maximum Gasteiger partial charge on any atom is 0.321 e. The van der Waals surface area contributed by atoms with E-state index in [0.717, 1.165) is 0 Å². The van der Waals surface area contributed by atoms with E-state index in [1.165, 1.54) is 11.8 Å². The average molecular weight is 385 g/mol. The third kappa shape index (κ3) is 7.28. The van der Waals surface area contributed by atoms with Gasteiger partial charge in [-0.3, -0.25) is 19.2 Å². The minimum atomic E-state index is -1.51. The van der Waals surface area contributed by atoms with Gasteiger partial charge in [0.15, 0.2) is 5.92 Å². The van der Waals surface area contributed by atoms with E-state index in [0.29, 0.717) is 26.3 Å². The Morgan fingerprint density at radius 2 is 1.26 bits per heavy atom. The predicted octanol–water partition coefficient (Wildman–Crippen LogP) is 1.35. The molecule has 0 aromatic carbocycles. The minimum Gasteiger partial charge on any atom is -0.459 e. The second-order valence-electron chi connectivity index (χ2n) is 8.60. The van der Waals surface area contributed by atoms with Gasteiger partial charge in [-0.25, -0.2) is 0 Å². The van der Waals surface area contributed by atoms with Crippen LogP contribution in [0.2, 0.25) is 0 Å². The van der Waals surface area contributed by atoms with Crippen molar-refractivity contribution < 1.29 is 33.4 Å². The zero-order valence-corrected chi connectivity index (χ0v) is 17.3. The first-order chi connectivity index (χ1) is 12.2. The monoisotopic (exact) mass is 385 g/mol. The van der Waals surface area contributed by atoms with Crippen LogP contribution in [0.1, 0.15) is 48.5 Å². The number of amides is 1. The summed E-state index contributed by atoms with van der Waals surface area (Å²) in [5.41, 5.74) is -1.71. The van der Waals surface area contributed by atoms with Crippen LogP contribution < -0.4 is 0 Å². The van der Waals surface area contributed by atoms with Gasteiger partial charge in [-0.15, -0.1) is 0 Å². The van der Waals surface area contributed by atoms with Crippen LogP contribution in [0.25, 0.3) is 0 Å². The lowest BCUT2D eigenvalue weighted by atomic mass is 9.89. The Hall–Kier alpha value is -1.96. The Morgan fingerprint density at radius 3 is 1.63 bits per heavy atom. The van der Waals surface area contributed by atoms with Crippen molar-refractivity contribution in [2.24, 2.45) is 11.8 Å². The summed E-state index contributed by atoms with van der Waals surface area (Å²) in [6.45, 7) is 12.6. The molecule has 154 valence electrons. The van der Waals surface area contributed by atoms with E-state index in [-0.39, 0.29) is 0 Å². The molecule has 0 aliphatic carbocycles. The summed E-state index contributed by atoms with van der Waals surface area (Å²) in [4.78, 5) is 51.7. The van der Waals surface area contributed by atoms with Crippen LogP contribution in [-0.4, -0.2) is 66.0 Å². The van der Waals surface area contributed by atoms with Gasteiger partial charge in [0, 0.05) is 19.0 Å². The average Bonchev–Trinajstić information content (AvgIpc) is 2.50. The fourth-order valence-electron chi connectivity index (χ4n) is 2.50. The number of nitrogens with zero attached hydrogens (tertiary/aromatic N) is 1. The van der Waals surface area contributed by atoms with Gasteiger partial charge in [0.2, 0.25) is 5.78 Å². The Labute approximate surface area is 160 Å². The Balaban J connectivity index is 3.04. The maximum atomic E-state index is 12.7. The van der Waals surface area contributed by atoms with Crippen LogP contribution >= 0.6 is 0 Å². The molecule has 0 spiro atoms. The standard InChI is InChI=1S/C19H31NO7/c1-12(14(21)15(22)20-8-10-25-11-9-20)13(16(23)26-18(2,3)4)17(24)27-19(5,6)7/h12-13H,8-11H2,1-7H3/t12-/m1/s1.